The maximum absolute atomic E-state index is 16.0. The molecule has 0 radical (unpaired) electrons. The molecule has 21 N–H and O–H groups in total. The van der Waals surface area contributed by atoms with Crippen molar-refractivity contribution in [2.75, 3.05) is 39.8 Å². The van der Waals surface area contributed by atoms with Crippen LogP contribution in [-0.4, -0.2) is 278 Å². The van der Waals surface area contributed by atoms with Crippen molar-refractivity contribution in [1.29, 1.82) is 0 Å². The van der Waals surface area contributed by atoms with Crippen LogP contribution in [-0.2, 0) is 112 Å². The molecule has 42 nitrogen and oxygen atoms in total. The fourth-order valence-electron chi connectivity index (χ4n) is 18.0. The van der Waals surface area contributed by atoms with Crippen LogP contribution in [0.3, 0.4) is 0 Å². The van der Waals surface area contributed by atoms with Gasteiger partial charge in [0.1, 0.15) is 71.7 Å². The summed E-state index contributed by atoms with van der Waals surface area (Å²) >= 11 is 2.90. The number of fused-ring (bicyclic) bond motifs is 3. The van der Waals surface area contributed by atoms with E-state index in [-0.39, 0.29) is 153 Å². The van der Waals surface area contributed by atoms with Crippen LogP contribution in [0.25, 0.3) is 10.1 Å². The first-order chi connectivity index (χ1) is 69.3. The number of aliphatic carboxylic acids is 2. The van der Waals surface area contributed by atoms with Crippen molar-refractivity contribution in [1.82, 2.24) is 89.6 Å². The maximum atomic E-state index is 16.0. The number of hydrogen-bond donors (Lipinski definition) is 20. The quantitative estimate of drug-likeness (QED) is 0.0232. The number of hydrogen-bond acceptors (Lipinski definition) is 25. The smallest absolute Gasteiger partial charge is 0.409 e. The molecule has 3 aromatic carbocycles. The van der Waals surface area contributed by atoms with Gasteiger partial charge in [-0.25, -0.2) is 9.59 Å². The van der Waals surface area contributed by atoms with Crippen molar-refractivity contribution in [3.05, 3.63) is 153 Å². The van der Waals surface area contributed by atoms with E-state index in [2.05, 4.69) is 79.8 Å². The van der Waals surface area contributed by atoms with Gasteiger partial charge >= 0.3 is 24.0 Å². The fraction of sp³-hybridized carbons (Fsp3) is 0.539. The van der Waals surface area contributed by atoms with Gasteiger partial charge in [0.05, 0.1) is 42.6 Å². The van der Waals surface area contributed by atoms with E-state index in [4.69, 9.17) is 10.5 Å². The highest BCUT2D eigenvalue weighted by atomic mass is 32.1. The minimum atomic E-state index is -2.10. The lowest BCUT2D eigenvalue weighted by molar-refractivity contribution is -0.146. The summed E-state index contributed by atoms with van der Waals surface area (Å²) in [6, 6.07) is 6.10. The lowest BCUT2D eigenvalue weighted by Crippen LogP contribution is -2.67. The highest BCUT2D eigenvalue weighted by Gasteiger charge is 2.51. The highest BCUT2D eigenvalue weighted by molar-refractivity contribution is 7.17. The zero-order chi connectivity index (χ0) is 107. The summed E-state index contributed by atoms with van der Waals surface area (Å²) in [5.41, 5.74) is 1.10. The average Bonchev–Trinajstić information content (AvgIpc) is 1.59. The number of carboxylic acids is 3. The number of ether oxygens (including phenoxy) is 1. The van der Waals surface area contributed by atoms with Gasteiger partial charge in [0.25, 0.3) is 0 Å². The second-order valence-electron chi connectivity index (χ2n) is 39.4. The van der Waals surface area contributed by atoms with Crippen molar-refractivity contribution >= 4 is 145 Å². The van der Waals surface area contributed by atoms with Crippen molar-refractivity contribution < 1.29 is 116 Å². The van der Waals surface area contributed by atoms with Crippen molar-refractivity contribution in [3.8, 4) is 0 Å². The van der Waals surface area contributed by atoms with Gasteiger partial charge in [0.15, 0.2) is 0 Å². The van der Waals surface area contributed by atoms with Crippen molar-refractivity contribution in [2.24, 2.45) is 11.1 Å². The van der Waals surface area contributed by atoms with Crippen LogP contribution in [0.15, 0.2) is 125 Å². The molecule has 44 heteroatoms. The molecule has 146 heavy (non-hydrogen) atoms. The van der Waals surface area contributed by atoms with Gasteiger partial charge in [-0.05, 0) is 224 Å². The molecule has 2 fully saturated rings. The van der Waals surface area contributed by atoms with Crippen molar-refractivity contribution in [3.63, 3.8) is 0 Å². The van der Waals surface area contributed by atoms with Gasteiger partial charge in [-0.3, -0.25) is 86.8 Å². The molecule has 4 aliphatic heterocycles. The third-order valence-electron chi connectivity index (χ3n) is 26.1. The fourth-order valence-corrected chi connectivity index (χ4v) is 19.7. The molecule has 794 valence electrons. The van der Waals surface area contributed by atoms with Gasteiger partial charge in [-0.2, -0.15) is 11.3 Å². The van der Waals surface area contributed by atoms with E-state index in [0.717, 1.165) is 21.2 Å². The second kappa shape index (κ2) is 55.1. The van der Waals surface area contributed by atoms with E-state index in [0.29, 0.717) is 31.2 Å². The Bertz CT molecular complexity index is 5520. The number of carboxylic acid groups (broad SMARTS) is 3. The molecule has 0 aliphatic carbocycles. The van der Waals surface area contributed by atoms with E-state index < -0.39 is 233 Å². The SMILES string of the molecule is CN[C@@H](Cc1ccsc1)C(=O)N[C@@H](Cc1csc2ccccc12)C(=O)N[C@@H](CCC(=O)NCCCC[C@@H]1NC(=O)[C@H](Cc2ccccc2)NC(=O)[C@H](C)NC(=O)C(C)(C)NC(=O)[C@H](Cc2cccc(C(=O)O)c2)NC(=O)[C@H](CC(=O)O)NC(=O)[C@@]2(CCC/C=C\C[C@]3(CCCN3C(C)=O)C(=O)N[C@@H](CC(=O)O)C(=O)N[C@@H](CC(C)(C)C)C(O)N2)CCC/C=C/CCCOC(=O)N2CC[C@@H](C2)NC1=O)C(=O)N[C@@H](C)C(N)=O. The number of unbranched alkanes of at least 4 members (excludes halogenated alkanes) is 1. The van der Waals surface area contributed by atoms with Gasteiger partial charge < -0.3 is 115 Å². The number of cyclic esters (lactones) is 1. The molecular formula is C102H140N18O24S2. The molecule has 5 aromatic rings. The first-order valence-electron chi connectivity index (χ1n) is 49.4. The maximum Gasteiger partial charge on any atom is 0.409 e. The summed E-state index contributed by atoms with van der Waals surface area (Å²) in [5, 5.41) is 91.3. The molecule has 2 aromatic heterocycles. The third-order valence-corrected chi connectivity index (χ3v) is 27.9. The van der Waals surface area contributed by atoms with Gasteiger partial charge in [-0.1, -0.05) is 106 Å². The summed E-state index contributed by atoms with van der Waals surface area (Å²) in [6.45, 7) is 11.8. The number of aliphatic hydroxyl groups is 1. The zero-order valence-electron chi connectivity index (χ0n) is 83.9. The number of likely N-dealkylation sites (N-methyl/N-ethyl adjacent to an activating group) is 1. The Hall–Kier alpha value is -13.6. The predicted octanol–water partition coefficient (Wildman–Crippen LogP) is 3.25. The minimum absolute atomic E-state index is 0.00269. The van der Waals surface area contributed by atoms with Crippen LogP contribution >= 0.6 is 22.7 Å². The van der Waals surface area contributed by atoms with Gasteiger partial charge in [-0.15, -0.1) is 11.3 Å². The predicted molar refractivity (Wildman–Crippen MR) is 541 cm³/mol. The molecule has 9 rings (SSSR count). The Kier molecular flexibility index (Phi) is 43.8. The number of carbonyl (C=O) groups excluding carboxylic acids is 16. The molecule has 4 aliphatic rings. The topological polar surface area (TPSA) is 627 Å². The molecule has 1 unspecified atom stereocenters. The van der Waals surface area contributed by atoms with Crippen molar-refractivity contribution in [2.45, 2.75) is 305 Å². The number of benzene rings is 3. The number of nitrogens with one attached hydrogen (secondary N) is 15. The first kappa shape index (κ1) is 116. The lowest BCUT2D eigenvalue weighted by Gasteiger charge is -2.41. The van der Waals surface area contributed by atoms with Crippen LogP contribution < -0.4 is 85.5 Å². The largest absolute Gasteiger partial charge is 0.481 e. The number of primary amides is 1. The summed E-state index contributed by atoms with van der Waals surface area (Å²) in [6.07, 6.45) is 2.60. The van der Waals surface area contributed by atoms with Gasteiger partial charge in [0, 0.05) is 69.5 Å². The Morgan fingerprint density at radius 1 is 0.603 bits per heavy atom. The van der Waals surface area contributed by atoms with Crippen LogP contribution in [0.4, 0.5) is 4.79 Å². The summed E-state index contributed by atoms with van der Waals surface area (Å²) in [7, 11) is 1.62. The van der Waals surface area contributed by atoms with Crippen LogP contribution in [0, 0.1) is 5.41 Å². The number of aliphatic hydroxyl groups excluding tert-OH is 1. The molecule has 15 atom stereocenters. The zero-order valence-corrected chi connectivity index (χ0v) is 85.5. The molecule has 2 saturated heterocycles. The Labute approximate surface area is 855 Å². The molecule has 16 amide bonds. The van der Waals surface area contributed by atoms with Crippen LogP contribution in [0.2, 0.25) is 0 Å². The number of likely N-dealkylation sites (tertiary alicyclic amines) is 1. The average molecular weight is 2070 g/mol. The molecular weight excluding hydrogens is 1930 g/mol. The first-order valence-corrected chi connectivity index (χ1v) is 51.2. The van der Waals surface area contributed by atoms with Crippen LogP contribution in [0.5, 0.6) is 0 Å². The lowest BCUT2D eigenvalue weighted by atomic mass is 9.83. The standard InChI is InChI=1S/C102H140N18O24S2/c1-60(83(103)127)106-85(129)71(110-89(133)75(53-67-59-146-79-35-20-19-33-69(67)79)113-87(131)72(104-9)52-65-39-48-145-58-65)36-37-80(122)105-44-25-21-34-70-86(130)108-68-38-46-119(57-68)98(143)144-47-26-15-11-10-12-22-40-101(41-23-13-14-24-42-102(43-28-45-120(102)62(3)121)97(142)116-77(55-82(125)126)91(135)114-78(93(137)118-101)56-99(4,5)6)96(141)115-76(54-81(123)124)90(134)112-74(51-64-31-27-32-66(49-64)94(138)139)92(136)117-100(7,8)95(140)107-61(2)84(128)111-73(88(132)109-70)50-63-29-17-16-18-30-63/h10-11,14,16-20,24,27,29-33,35,39,48-49,58-61,68,70-78,93,104,118,137H,12-13,15,21-23,25-26,28,34,36-38,40-47,50-57H2,1-9H3,(H2,103,127)(H,105,122)(H,106,129)(H,107,140)(H,108,130)(H,109,132)(H,110,133)(H,111,128)(H,112,134)(H,113,131)(H,114,135)(H,115,141)(H,116,142)(H,117,136)(H,123,124)(H,125,126)(H,138,139)/b11-10+,24-14-/t60-,61-,68-,70-,71-,72-,73-,74-,75-,76-,77-,78-,93?,101-,102-/m0/s1. The number of nitrogens with zero attached hydrogens (tertiary/aromatic N) is 2. The van der Waals surface area contributed by atoms with E-state index in [9.17, 15) is 92.3 Å². The van der Waals surface area contributed by atoms with E-state index in [1.165, 1.54) is 91.4 Å². The summed E-state index contributed by atoms with van der Waals surface area (Å²) < 4.78 is 6.66. The van der Waals surface area contributed by atoms with Crippen LogP contribution in [0.1, 0.15) is 216 Å². The minimum Gasteiger partial charge on any atom is -0.481 e. The second-order valence-corrected chi connectivity index (χ2v) is 41.1. The number of allylic oxidation sites excluding steroid dienone is 3. The third kappa shape index (κ3) is 35.1. The summed E-state index contributed by atoms with van der Waals surface area (Å²) in [4.78, 5) is 272. The number of rotatable bonds is 30. The van der Waals surface area contributed by atoms with E-state index in [1.807, 2.05) is 46.5 Å². The highest BCUT2D eigenvalue weighted by Crippen LogP contribution is 2.36. The molecule has 6 heterocycles. The number of thiophene rings is 2. The molecule has 2 spiro atoms. The molecule has 0 saturated carbocycles. The number of amides is 16. The van der Waals surface area contributed by atoms with Gasteiger partial charge in [0.2, 0.25) is 88.6 Å². The number of nitrogens with two attached hydrogens (primary N) is 1. The monoisotopic (exact) mass is 2060 g/mol. The summed E-state index contributed by atoms with van der Waals surface area (Å²) in [5.74, 6) is -17.5. The Morgan fingerprint density at radius 3 is 1.86 bits per heavy atom. The van der Waals surface area contributed by atoms with E-state index in [1.54, 1.807) is 82.5 Å². The number of aromatic carboxylic acids is 1. The normalized spacial score (nSPS) is 24.4. The number of carbonyl (C=O) groups is 19. The van der Waals surface area contributed by atoms with E-state index >= 15 is 19.2 Å². The molecule has 2 bridgehead atoms. The Morgan fingerprint density at radius 2 is 1.21 bits per heavy atom. The Balaban J connectivity index is 0.981.